The van der Waals surface area contributed by atoms with Crippen LogP contribution in [0.15, 0.2) is 30.6 Å². The maximum Gasteiger partial charge on any atom is 0.231 e. The fourth-order valence-electron chi connectivity index (χ4n) is 1.92. The molecule has 0 saturated carbocycles. The molecule has 1 aromatic carbocycles. The van der Waals surface area contributed by atoms with Crippen molar-refractivity contribution in [1.29, 1.82) is 0 Å². The van der Waals surface area contributed by atoms with Gasteiger partial charge >= 0.3 is 0 Å². The van der Waals surface area contributed by atoms with Crippen LogP contribution >= 0.6 is 0 Å². The molecule has 20 heavy (non-hydrogen) atoms. The molecule has 0 amide bonds. The molecule has 1 aliphatic heterocycles. The minimum Gasteiger partial charge on any atom is -0.481 e. The van der Waals surface area contributed by atoms with Gasteiger partial charge in [0.2, 0.25) is 12.7 Å². The number of rotatable bonds is 4. The molecule has 0 fully saturated rings. The Kier molecular flexibility index (Phi) is 3.20. The summed E-state index contributed by atoms with van der Waals surface area (Å²) in [7, 11) is 1.52. The molecule has 6 heteroatoms. The summed E-state index contributed by atoms with van der Waals surface area (Å²) in [5, 5.41) is 0. The Labute approximate surface area is 115 Å². The number of carbonyl (C=O) groups excluding carboxylic acids is 1. The Morgan fingerprint density at radius 3 is 2.95 bits per heavy atom. The molecule has 0 atom stereocenters. The third kappa shape index (κ3) is 2.40. The summed E-state index contributed by atoms with van der Waals surface area (Å²) in [6.07, 6.45) is 1.56. The average molecular weight is 272 g/mol. The summed E-state index contributed by atoms with van der Waals surface area (Å²) in [6, 6.07) is 6.78. The molecule has 6 nitrogen and oxygen atoms in total. The predicted molar refractivity (Wildman–Crippen MR) is 69.2 cm³/mol. The summed E-state index contributed by atoms with van der Waals surface area (Å²) < 4.78 is 15.5. The van der Waals surface area contributed by atoms with Gasteiger partial charge in [-0.2, -0.15) is 0 Å². The maximum atomic E-state index is 12.2. The average Bonchev–Trinajstić information content (AvgIpc) is 2.94. The van der Waals surface area contributed by atoms with Crippen LogP contribution in [0.3, 0.4) is 0 Å². The number of aromatic nitrogens is 2. The second-order valence-electron chi connectivity index (χ2n) is 4.22. The van der Waals surface area contributed by atoms with Gasteiger partial charge in [-0.1, -0.05) is 0 Å². The van der Waals surface area contributed by atoms with E-state index >= 15 is 0 Å². The molecule has 0 unspecified atom stereocenters. The predicted octanol–water partition coefficient (Wildman–Crippen LogP) is 1.64. The lowest BCUT2D eigenvalue weighted by Crippen LogP contribution is -2.05. The lowest BCUT2D eigenvalue weighted by molar-refractivity contribution is 0.0991. The molecule has 2 aromatic rings. The van der Waals surface area contributed by atoms with E-state index in [-0.39, 0.29) is 19.0 Å². The number of carbonyl (C=O) groups is 1. The van der Waals surface area contributed by atoms with Crippen molar-refractivity contribution in [3.63, 3.8) is 0 Å². The van der Waals surface area contributed by atoms with Gasteiger partial charge in [0.05, 0.1) is 19.2 Å². The van der Waals surface area contributed by atoms with E-state index in [4.69, 9.17) is 14.2 Å². The number of nitrogens with zero attached hydrogens (tertiary/aromatic N) is 2. The molecule has 102 valence electrons. The molecule has 1 aromatic heterocycles. The van der Waals surface area contributed by atoms with E-state index in [1.54, 1.807) is 24.3 Å². The summed E-state index contributed by atoms with van der Waals surface area (Å²) in [6.45, 7) is 0.191. The lowest BCUT2D eigenvalue weighted by Gasteiger charge is -2.04. The first kappa shape index (κ1) is 12.4. The van der Waals surface area contributed by atoms with Crippen LogP contribution in [0.5, 0.6) is 17.4 Å². The van der Waals surface area contributed by atoms with Crippen molar-refractivity contribution in [1.82, 2.24) is 9.97 Å². The van der Waals surface area contributed by atoms with E-state index in [2.05, 4.69) is 9.97 Å². The Morgan fingerprint density at radius 1 is 1.25 bits per heavy atom. The molecular formula is C14H12N2O4. The number of hydrogen-bond donors (Lipinski definition) is 0. The molecular weight excluding hydrogens is 260 g/mol. The van der Waals surface area contributed by atoms with Gasteiger partial charge in [-0.3, -0.25) is 4.79 Å². The van der Waals surface area contributed by atoms with Gasteiger partial charge in [0.25, 0.3) is 0 Å². The number of hydrogen-bond acceptors (Lipinski definition) is 6. The number of fused-ring (bicyclic) bond motifs is 1. The van der Waals surface area contributed by atoms with Crippen molar-refractivity contribution in [2.75, 3.05) is 13.9 Å². The van der Waals surface area contributed by atoms with Gasteiger partial charge in [0.15, 0.2) is 17.3 Å². The molecule has 0 N–H and O–H groups in total. The second-order valence-corrected chi connectivity index (χ2v) is 4.22. The van der Waals surface area contributed by atoms with E-state index < -0.39 is 0 Å². The minimum absolute atomic E-state index is 0.0518. The van der Waals surface area contributed by atoms with Gasteiger partial charge in [-0.25, -0.2) is 9.97 Å². The van der Waals surface area contributed by atoms with Crippen molar-refractivity contribution in [3.05, 3.63) is 41.9 Å². The first-order valence-electron chi connectivity index (χ1n) is 6.04. The monoisotopic (exact) mass is 272 g/mol. The van der Waals surface area contributed by atoms with Gasteiger partial charge in [-0.05, 0) is 18.2 Å². The topological polar surface area (TPSA) is 70.5 Å². The standard InChI is InChI=1S/C14H12N2O4/c1-18-14-6-10(15-7-16-14)5-11(17)9-2-3-12-13(4-9)20-8-19-12/h2-4,6-7H,5,8H2,1H3. The van der Waals surface area contributed by atoms with Crippen LogP contribution in [-0.4, -0.2) is 29.7 Å². The lowest BCUT2D eigenvalue weighted by atomic mass is 10.1. The highest BCUT2D eigenvalue weighted by molar-refractivity contribution is 5.97. The zero-order valence-electron chi connectivity index (χ0n) is 10.8. The summed E-state index contributed by atoms with van der Waals surface area (Å²) in [4.78, 5) is 20.2. The van der Waals surface area contributed by atoms with Crippen LogP contribution in [0, 0.1) is 0 Å². The van der Waals surface area contributed by atoms with Crippen molar-refractivity contribution < 1.29 is 19.0 Å². The van der Waals surface area contributed by atoms with Crippen molar-refractivity contribution in [2.24, 2.45) is 0 Å². The molecule has 0 bridgehead atoms. The highest BCUT2D eigenvalue weighted by atomic mass is 16.7. The molecule has 3 rings (SSSR count). The molecule has 0 spiro atoms. The number of ether oxygens (including phenoxy) is 3. The fraction of sp³-hybridized carbons (Fsp3) is 0.214. The minimum atomic E-state index is -0.0518. The van der Waals surface area contributed by atoms with E-state index in [1.807, 2.05) is 0 Å². The number of methoxy groups -OCH3 is 1. The first-order chi connectivity index (χ1) is 9.76. The smallest absolute Gasteiger partial charge is 0.231 e. The second kappa shape index (κ2) is 5.16. The number of Topliss-reactive ketones (excluding diaryl/α,β-unsaturated/α-hetero) is 1. The van der Waals surface area contributed by atoms with Crippen molar-refractivity contribution in [3.8, 4) is 17.4 Å². The Bertz CT molecular complexity index is 657. The van der Waals surface area contributed by atoms with Gasteiger partial charge < -0.3 is 14.2 Å². The summed E-state index contributed by atoms with van der Waals surface area (Å²) in [5.41, 5.74) is 1.17. The van der Waals surface area contributed by atoms with Gasteiger partial charge in [-0.15, -0.1) is 0 Å². The van der Waals surface area contributed by atoms with Gasteiger partial charge in [0, 0.05) is 11.6 Å². The van der Waals surface area contributed by atoms with Crippen LogP contribution in [0.25, 0.3) is 0 Å². The fourth-order valence-corrected chi connectivity index (χ4v) is 1.92. The normalized spacial score (nSPS) is 12.2. The third-order valence-electron chi connectivity index (χ3n) is 2.94. The van der Waals surface area contributed by atoms with Crippen molar-refractivity contribution in [2.45, 2.75) is 6.42 Å². The Hall–Kier alpha value is -2.63. The van der Waals surface area contributed by atoms with Crippen LogP contribution in [0.1, 0.15) is 16.1 Å². The quantitative estimate of drug-likeness (QED) is 0.788. The van der Waals surface area contributed by atoms with Crippen LogP contribution in [0.2, 0.25) is 0 Å². The molecule has 1 aliphatic rings. The Morgan fingerprint density at radius 2 is 2.10 bits per heavy atom. The van der Waals surface area contributed by atoms with Gasteiger partial charge in [0.1, 0.15) is 6.33 Å². The number of benzene rings is 1. The van der Waals surface area contributed by atoms with Crippen molar-refractivity contribution >= 4 is 5.78 Å². The number of ketones is 1. The molecule has 0 radical (unpaired) electrons. The van der Waals surface area contributed by atoms with E-state index in [0.29, 0.717) is 28.6 Å². The highest BCUT2D eigenvalue weighted by Crippen LogP contribution is 2.32. The zero-order chi connectivity index (χ0) is 13.9. The zero-order valence-corrected chi connectivity index (χ0v) is 10.8. The van der Waals surface area contributed by atoms with E-state index in [9.17, 15) is 4.79 Å². The SMILES string of the molecule is COc1cc(CC(=O)c2ccc3c(c2)OCO3)ncn1. The molecule has 0 aliphatic carbocycles. The molecule has 0 saturated heterocycles. The Balaban J connectivity index is 1.79. The van der Waals surface area contributed by atoms with E-state index in [0.717, 1.165) is 0 Å². The highest BCUT2D eigenvalue weighted by Gasteiger charge is 2.16. The summed E-state index contributed by atoms with van der Waals surface area (Å²) in [5.74, 6) is 1.64. The third-order valence-corrected chi connectivity index (χ3v) is 2.94. The largest absolute Gasteiger partial charge is 0.481 e. The van der Waals surface area contributed by atoms with Crippen LogP contribution < -0.4 is 14.2 Å². The summed E-state index contributed by atoms with van der Waals surface area (Å²) >= 11 is 0. The van der Waals surface area contributed by atoms with Crippen LogP contribution in [0.4, 0.5) is 0 Å². The molecule has 2 heterocycles. The first-order valence-corrected chi connectivity index (χ1v) is 6.04. The van der Waals surface area contributed by atoms with E-state index in [1.165, 1.54) is 13.4 Å². The van der Waals surface area contributed by atoms with Crippen LogP contribution in [-0.2, 0) is 6.42 Å². The maximum absolute atomic E-state index is 12.2.